The fourth-order valence-corrected chi connectivity index (χ4v) is 0.785. The molecule has 0 bridgehead atoms. The van der Waals surface area contributed by atoms with Crippen molar-refractivity contribution in [1.82, 2.24) is 15.8 Å². The Kier molecular flexibility index (Phi) is 9.47. The molecule has 15 heavy (non-hydrogen) atoms. The van der Waals surface area contributed by atoms with E-state index in [0.29, 0.717) is 6.54 Å². The smallest absolute Gasteiger partial charge is 0.0302 e. The summed E-state index contributed by atoms with van der Waals surface area (Å²) in [6.45, 7) is 2.21. The molecule has 6 heteroatoms. The summed E-state index contributed by atoms with van der Waals surface area (Å²) in [5.41, 5.74) is 8.22. The minimum Gasteiger partial charge on any atom is -0.668 e. The van der Waals surface area contributed by atoms with E-state index >= 15 is 0 Å². The maximum atomic E-state index is 6.79. The Morgan fingerprint density at radius 3 is 2.87 bits per heavy atom. The third-order valence-corrected chi connectivity index (χ3v) is 1.46. The largest absolute Gasteiger partial charge is 0.668 e. The summed E-state index contributed by atoms with van der Waals surface area (Å²) in [4.78, 5) is 0. The van der Waals surface area contributed by atoms with Crippen LogP contribution in [0.5, 0.6) is 0 Å². The first-order valence-corrected chi connectivity index (χ1v) is 4.70. The SMILES string of the molecule is CN(/C=C/[N-]/C=C/N)NCCNCC=N. The van der Waals surface area contributed by atoms with E-state index in [0.717, 1.165) is 13.1 Å². The highest BCUT2D eigenvalue weighted by atomic mass is 15.5. The topological polar surface area (TPSA) is 91.3 Å². The number of nitrogens with one attached hydrogen (secondary N) is 3. The van der Waals surface area contributed by atoms with Gasteiger partial charge in [-0.2, -0.15) is 12.4 Å². The molecule has 6 nitrogen and oxygen atoms in total. The second-order valence-corrected chi connectivity index (χ2v) is 2.72. The normalized spacial score (nSPS) is 11.0. The van der Waals surface area contributed by atoms with Crippen molar-refractivity contribution in [3.63, 3.8) is 0 Å². The molecule has 0 aromatic carbocycles. The van der Waals surface area contributed by atoms with Gasteiger partial charge in [-0.15, -0.1) is 0 Å². The molecule has 5 N–H and O–H groups in total. The second kappa shape index (κ2) is 10.6. The summed E-state index contributed by atoms with van der Waals surface area (Å²) in [5, 5.41) is 15.5. The Bertz CT molecular complexity index is 201. The van der Waals surface area contributed by atoms with Gasteiger partial charge in [-0.3, -0.25) is 0 Å². The zero-order valence-corrected chi connectivity index (χ0v) is 8.98. The summed E-state index contributed by atoms with van der Waals surface area (Å²) < 4.78 is 0. The van der Waals surface area contributed by atoms with Gasteiger partial charge in [0.15, 0.2) is 0 Å². The van der Waals surface area contributed by atoms with Crippen LogP contribution in [0.15, 0.2) is 24.8 Å². The van der Waals surface area contributed by atoms with E-state index in [1.54, 1.807) is 17.4 Å². The van der Waals surface area contributed by atoms with Crippen LogP contribution in [-0.4, -0.2) is 37.9 Å². The van der Waals surface area contributed by atoms with Crippen LogP contribution in [0.25, 0.3) is 5.32 Å². The second-order valence-electron chi connectivity index (χ2n) is 2.72. The summed E-state index contributed by atoms with van der Waals surface area (Å²) in [6, 6.07) is 0. The molecule has 0 amide bonds. The predicted molar refractivity (Wildman–Crippen MR) is 63.2 cm³/mol. The predicted octanol–water partition coefficient (Wildman–Crippen LogP) is -0.0632. The highest BCUT2D eigenvalue weighted by Gasteiger charge is 1.87. The summed E-state index contributed by atoms with van der Waals surface area (Å²) in [6.07, 6.45) is 7.65. The van der Waals surface area contributed by atoms with Crippen LogP contribution >= 0.6 is 0 Å². The lowest BCUT2D eigenvalue weighted by molar-refractivity contribution is 0.328. The van der Waals surface area contributed by atoms with E-state index in [2.05, 4.69) is 16.1 Å². The third kappa shape index (κ3) is 10.4. The van der Waals surface area contributed by atoms with Crippen molar-refractivity contribution in [3.05, 3.63) is 30.1 Å². The molecular weight excluding hydrogens is 192 g/mol. The number of hydrazine groups is 1. The molecule has 0 fully saturated rings. The number of hydrogen-bond donors (Lipinski definition) is 4. The van der Waals surface area contributed by atoms with Gasteiger partial charge >= 0.3 is 0 Å². The van der Waals surface area contributed by atoms with Crippen molar-refractivity contribution in [3.8, 4) is 0 Å². The summed E-state index contributed by atoms with van der Waals surface area (Å²) in [5.74, 6) is 0. The fourth-order valence-electron chi connectivity index (χ4n) is 0.785. The first kappa shape index (κ1) is 13.5. The van der Waals surface area contributed by atoms with E-state index in [4.69, 9.17) is 11.1 Å². The molecule has 0 unspecified atom stereocenters. The minimum atomic E-state index is 0.609. The van der Waals surface area contributed by atoms with Gasteiger partial charge in [0, 0.05) is 32.9 Å². The van der Waals surface area contributed by atoms with E-state index in [1.807, 2.05) is 7.05 Å². The molecule has 0 spiro atoms. The molecule has 0 aromatic rings. The Morgan fingerprint density at radius 2 is 2.20 bits per heavy atom. The van der Waals surface area contributed by atoms with Gasteiger partial charge in [-0.05, 0) is 12.4 Å². The van der Waals surface area contributed by atoms with Crippen molar-refractivity contribution in [1.29, 1.82) is 5.41 Å². The molecule has 0 heterocycles. The highest BCUT2D eigenvalue weighted by Crippen LogP contribution is 1.89. The Balaban J connectivity index is 3.35. The van der Waals surface area contributed by atoms with Gasteiger partial charge < -0.3 is 26.8 Å². The standard InChI is InChI=1S/C9H19N6/c1-15(9-8-13-5-3-11)14-7-6-12-4-2-10/h2-3,5,8-10,12,14H,4,6-7,11H2,1H3/q-1/b5-3+,9-8+,10-2?. The molecular formula is C9H19N6-. The average molecular weight is 211 g/mol. The number of hydrogen-bond acceptors (Lipinski definition) is 5. The maximum absolute atomic E-state index is 6.79. The van der Waals surface area contributed by atoms with E-state index < -0.39 is 0 Å². The number of rotatable bonds is 9. The lowest BCUT2D eigenvalue weighted by Gasteiger charge is -2.17. The van der Waals surface area contributed by atoms with E-state index in [-0.39, 0.29) is 0 Å². The Hall–Kier alpha value is -1.53. The first-order chi connectivity index (χ1) is 7.31. The monoisotopic (exact) mass is 211 g/mol. The van der Waals surface area contributed by atoms with Crippen LogP contribution < -0.4 is 16.5 Å². The zero-order chi connectivity index (χ0) is 11.4. The summed E-state index contributed by atoms with van der Waals surface area (Å²) >= 11 is 0. The zero-order valence-electron chi connectivity index (χ0n) is 8.98. The van der Waals surface area contributed by atoms with Crippen molar-refractivity contribution in [2.75, 3.05) is 26.7 Å². The van der Waals surface area contributed by atoms with Gasteiger partial charge in [0.25, 0.3) is 0 Å². The third-order valence-electron chi connectivity index (χ3n) is 1.46. The average Bonchev–Trinajstić information content (AvgIpc) is 2.24. The van der Waals surface area contributed by atoms with Gasteiger partial charge in [0.05, 0.1) is 0 Å². The number of nitrogens with two attached hydrogens (primary N) is 1. The molecule has 0 saturated heterocycles. The van der Waals surface area contributed by atoms with Crippen LogP contribution in [0.1, 0.15) is 0 Å². The molecule has 86 valence electrons. The Morgan fingerprint density at radius 1 is 1.40 bits per heavy atom. The van der Waals surface area contributed by atoms with Crippen LogP contribution in [0.3, 0.4) is 0 Å². The lowest BCUT2D eigenvalue weighted by Crippen LogP contribution is -2.36. The van der Waals surface area contributed by atoms with Crippen LogP contribution in [0.2, 0.25) is 0 Å². The molecule has 0 aliphatic heterocycles. The first-order valence-electron chi connectivity index (χ1n) is 4.70. The van der Waals surface area contributed by atoms with Crippen LogP contribution in [0, 0.1) is 5.41 Å². The summed E-state index contributed by atoms with van der Waals surface area (Å²) in [7, 11) is 1.88. The highest BCUT2D eigenvalue weighted by molar-refractivity contribution is 5.55. The van der Waals surface area contributed by atoms with Crippen LogP contribution in [-0.2, 0) is 0 Å². The van der Waals surface area contributed by atoms with Crippen LogP contribution in [0.4, 0.5) is 0 Å². The molecule has 0 aromatic heterocycles. The Labute approximate surface area is 90.7 Å². The van der Waals surface area contributed by atoms with Gasteiger partial charge in [0.2, 0.25) is 0 Å². The molecule has 0 rings (SSSR count). The molecule has 0 aliphatic rings. The fraction of sp³-hybridized carbons (Fsp3) is 0.444. The maximum Gasteiger partial charge on any atom is 0.0302 e. The number of nitrogens with zero attached hydrogens (tertiary/aromatic N) is 2. The molecule has 0 aliphatic carbocycles. The van der Waals surface area contributed by atoms with Crippen molar-refractivity contribution in [2.24, 2.45) is 5.73 Å². The quantitative estimate of drug-likeness (QED) is 0.244. The van der Waals surface area contributed by atoms with E-state index in [1.165, 1.54) is 18.6 Å². The molecule has 0 atom stereocenters. The van der Waals surface area contributed by atoms with E-state index in [9.17, 15) is 0 Å². The van der Waals surface area contributed by atoms with Crippen molar-refractivity contribution >= 4 is 6.21 Å². The van der Waals surface area contributed by atoms with Gasteiger partial charge in [-0.1, -0.05) is 0 Å². The molecule has 0 saturated carbocycles. The van der Waals surface area contributed by atoms with Gasteiger partial charge in [-0.25, -0.2) is 5.43 Å². The minimum absolute atomic E-state index is 0.609. The molecule has 0 radical (unpaired) electrons. The lowest BCUT2D eigenvalue weighted by atomic mass is 10.6. The van der Waals surface area contributed by atoms with Crippen molar-refractivity contribution < 1.29 is 0 Å². The van der Waals surface area contributed by atoms with Gasteiger partial charge in [0.1, 0.15) is 0 Å². The van der Waals surface area contributed by atoms with Crippen molar-refractivity contribution in [2.45, 2.75) is 0 Å².